The SMILES string of the molecule is CN1CCCCS(=O)(=O)NC2(CCc3ccccc32)C(=O)N2CCCCC2c2cc3nc(N4CC(N)C4)cc1n3n2. The Hall–Kier alpha value is -3.22. The number of fused-ring (bicyclic) bond motifs is 5. The summed E-state index contributed by atoms with van der Waals surface area (Å²) in [5.41, 5.74) is 8.09. The van der Waals surface area contributed by atoms with Crippen LogP contribution < -0.4 is 20.3 Å². The van der Waals surface area contributed by atoms with Gasteiger partial charge in [-0.3, -0.25) is 4.79 Å². The number of nitrogens with two attached hydrogens (primary N) is 1. The van der Waals surface area contributed by atoms with E-state index < -0.39 is 15.6 Å². The summed E-state index contributed by atoms with van der Waals surface area (Å²) in [4.78, 5) is 25.8. The molecule has 1 amide bonds. The molecular formula is C29H38N8O3S. The molecule has 0 saturated carbocycles. The van der Waals surface area contributed by atoms with Gasteiger partial charge in [0.1, 0.15) is 17.2 Å². The first-order valence-corrected chi connectivity index (χ1v) is 16.4. The molecule has 41 heavy (non-hydrogen) atoms. The number of aryl methyl sites for hydroxylation is 1. The van der Waals surface area contributed by atoms with E-state index in [-0.39, 0.29) is 23.7 Å². The lowest BCUT2D eigenvalue weighted by atomic mass is 9.88. The normalized spacial score (nSPS) is 27.0. The molecule has 2 fully saturated rings. The molecule has 2 aromatic heterocycles. The average molecular weight is 579 g/mol. The fourth-order valence-corrected chi connectivity index (χ4v) is 8.56. The third kappa shape index (κ3) is 4.56. The summed E-state index contributed by atoms with van der Waals surface area (Å²) >= 11 is 0. The predicted octanol–water partition coefficient (Wildman–Crippen LogP) is 1.92. The molecule has 11 nitrogen and oxygen atoms in total. The van der Waals surface area contributed by atoms with Gasteiger partial charge in [0.25, 0.3) is 0 Å². The Bertz CT molecular complexity index is 1600. The van der Waals surface area contributed by atoms with E-state index in [0.29, 0.717) is 38.8 Å². The van der Waals surface area contributed by atoms with E-state index in [2.05, 4.69) is 14.5 Å². The van der Waals surface area contributed by atoms with E-state index in [1.165, 1.54) is 0 Å². The van der Waals surface area contributed by atoms with E-state index in [1.54, 1.807) is 0 Å². The van der Waals surface area contributed by atoms with Crippen LogP contribution in [-0.4, -0.2) is 78.8 Å². The summed E-state index contributed by atoms with van der Waals surface area (Å²) in [7, 11) is -1.72. The minimum absolute atomic E-state index is 0.0322. The Balaban J connectivity index is 1.36. The van der Waals surface area contributed by atoms with E-state index in [9.17, 15) is 13.2 Å². The van der Waals surface area contributed by atoms with Crippen LogP contribution in [0.4, 0.5) is 11.6 Å². The molecule has 5 heterocycles. The molecule has 218 valence electrons. The fourth-order valence-electron chi connectivity index (χ4n) is 7.04. The monoisotopic (exact) mass is 578 g/mol. The number of anilines is 2. The number of nitrogens with one attached hydrogen (secondary N) is 1. The van der Waals surface area contributed by atoms with Crippen LogP contribution >= 0.6 is 0 Å². The molecule has 4 aliphatic rings. The molecule has 2 unspecified atom stereocenters. The number of sulfonamides is 1. The van der Waals surface area contributed by atoms with Crippen LogP contribution in [0.2, 0.25) is 0 Å². The van der Waals surface area contributed by atoms with Gasteiger partial charge in [0.15, 0.2) is 5.65 Å². The van der Waals surface area contributed by atoms with E-state index in [0.717, 1.165) is 66.5 Å². The fraction of sp³-hybridized carbons (Fsp3) is 0.552. The van der Waals surface area contributed by atoms with Crippen LogP contribution in [0.25, 0.3) is 5.65 Å². The van der Waals surface area contributed by atoms with Crippen molar-refractivity contribution in [1.82, 2.24) is 24.2 Å². The van der Waals surface area contributed by atoms with Crippen LogP contribution in [-0.2, 0) is 26.8 Å². The first-order valence-electron chi connectivity index (χ1n) is 14.8. The molecule has 2 atom stereocenters. The topological polar surface area (TPSA) is 129 Å². The standard InChI is InChI=1S/C29H38N8O3S/c1-34-13-6-7-15-41(39,40)33-29(12-11-20-8-2-3-9-22(20)29)28(38)36-14-5-4-10-24(36)23-16-26-31-25(35-18-21(30)19-35)17-27(34)37(26)32-23/h2-3,8-9,16-17,21,24,33H,4-7,10-15,18-19,30H2,1H3. The van der Waals surface area contributed by atoms with Crippen molar-refractivity contribution < 1.29 is 13.2 Å². The predicted molar refractivity (Wildman–Crippen MR) is 157 cm³/mol. The van der Waals surface area contributed by atoms with Gasteiger partial charge >= 0.3 is 0 Å². The number of hydrogen-bond acceptors (Lipinski definition) is 8. The smallest absolute Gasteiger partial charge is 0.249 e. The molecular weight excluding hydrogens is 540 g/mol. The van der Waals surface area contributed by atoms with Crippen LogP contribution in [0.5, 0.6) is 0 Å². The zero-order valence-corrected chi connectivity index (χ0v) is 24.3. The summed E-state index contributed by atoms with van der Waals surface area (Å²) in [6.07, 6.45) is 4.81. The number of amides is 1. The molecule has 3 N–H and O–H groups in total. The van der Waals surface area contributed by atoms with Crippen LogP contribution in [0.3, 0.4) is 0 Å². The lowest BCUT2D eigenvalue weighted by Crippen LogP contribution is -2.58. The van der Waals surface area contributed by atoms with Crippen LogP contribution in [0.1, 0.15) is 61.4 Å². The quantitative estimate of drug-likeness (QED) is 0.448. The number of nitrogens with zero attached hydrogens (tertiary/aromatic N) is 6. The summed E-state index contributed by atoms with van der Waals surface area (Å²) in [5, 5.41) is 5.06. The van der Waals surface area contributed by atoms with E-state index in [4.69, 9.17) is 15.8 Å². The van der Waals surface area contributed by atoms with Gasteiger partial charge in [0.2, 0.25) is 15.9 Å². The number of aromatic nitrogens is 3. The summed E-state index contributed by atoms with van der Waals surface area (Å²) in [6.45, 7) is 2.73. The average Bonchev–Trinajstić information content (AvgIpc) is 3.54. The highest BCUT2D eigenvalue weighted by atomic mass is 32.2. The number of hydrogen-bond donors (Lipinski definition) is 2. The Morgan fingerprint density at radius 2 is 1.88 bits per heavy atom. The van der Waals surface area contributed by atoms with Crippen molar-refractivity contribution in [2.75, 3.05) is 48.8 Å². The first kappa shape index (κ1) is 26.7. The maximum absolute atomic E-state index is 14.7. The zero-order chi connectivity index (χ0) is 28.4. The lowest BCUT2D eigenvalue weighted by Gasteiger charge is -2.41. The van der Waals surface area contributed by atoms with Crippen molar-refractivity contribution in [3.05, 3.63) is 53.2 Å². The minimum atomic E-state index is -3.73. The second-order valence-electron chi connectivity index (χ2n) is 12.1. The highest BCUT2D eigenvalue weighted by Gasteiger charge is 2.51. The number of rotatable bonds is 1. The summed E-state index contributed by atoms with van der Waals surface area (Å²) in [5.74, 6) is 1.54. The van der Waals surface area contributed by atoms with Gasteiger partial charge in [-0.1, -0.05) is 24.3 Å². The van der Waals surface area contributed by atoms with Gasteiger partial charge in [-0.25, -0.2) is 13.4 Å². The van der Waals surface area contributed by atoms with Crippen LogP contribution in [0.15, 0.2) is 36.4 Å². The Labute approximate surface area is 240 Å². The van der Waals surface area contributed by atoms with Crippen molar-refractivity contribution >= 4 is 33.2 Å². The molecule has 3 aliphatic heterocycles. The molecule has 2 saturated heterocycles. The second-order valence-corrected chi connectivity index (χ2v) is 13.9. The van der Waals surface area contributed by atoms with Crippen molar-refractivity contribution in [1.29, 1.82) is 0 Å². The molecule has 1 aromatic carbocycles. The molecule has 2 bridgehead atoms. The Morgan fingerprint density at radius 3 is 2.71 bits per heavy atom. The first-order chi connectivity index (χ1) is 19.7. The second kappa shape index (κ2) is 9.95. The van der Waals surface area contributed by atoms with Crippen molar-refractivity contribution in [2.45, 2.75) is 62.6 Å². The highest BCUT2D eigenvalue weighted by molar-refractivity contribution is 7.89. The van der Waals surface area contributed by atoms with Gasteiger partial charge in [0, 0.05) is 51.4 Å². The number of carbonyl (C=O) groups excluding carboxylic acids is 1. The number of benzene rings is 1. The third-order valence-electron chi connectivity index (χ3n) is 9.24. The number of piperidine rings is 1. The molecule has 3 aromatic rings. The number of carbonyl (C=O) groups is 1. The highest BCUT2D eigenvalue weighted by Crippen LogP contribution is 2.43. The van der Waals surface area contributed by atoms with Gasteiger partial charge in [-0.15, -0.1) is 0 Å². The van der Waals surface area contributed by atoms with E-state index >= 15 is 0 Å². The minimum Gasteiger partial charge on any atom is -0.359 e. The molecule has 1 aliphatic carbocycles. The van der Waals surface area contributed by atoms with E-state index in [1.807, 2.05) is 52.9 Å². The van der Waals surface area contributed by atoms with Crippen molar-refractivity contribution in [2.24, 2.45) is 5.73 Å². The Morgan fingerprint density at radius 1 is 1.07 bits per heavy atom. The largest absolute Gasteiger partial charge is 0.359 e. The molecule has 0 radical (unpaired) electrons. The van der Waals surface area contributed by atoms with Crippen LogP contribution in [0, 0.1) is 0 Å². The van der Waals surface area contributed by atoms with Gasteiger partial charge < -0.3 is 20.4 Å². The third-order valence-corrected chi connectivity index (χ3v) is 10.7. The van der Waals surface area contributed by atoms with Crippen molar-refractivity contribution in [3.63, 3.8) is 0 Å². The maximum atomic E-state index is 14.7. The van der Waals surface area contributed by atoms with Gasteiger partial charge in [0.05, 0.1) is 17.5 Å². The van der Waals surface area contributed by atoms with Gasteiger partial charge in [-0.05, 0) is 56.1 Å². The molecule has 7 rings (SSSR count). The summed E-state index contributed by atoms with van der Waals surface area (Å²) < 4.78 is 32.0. The summed E-state index contributed by atoms with van der Waals surface area (Å²) in [6, 6.07) is 11.7. The van der Waals surface area contributed by atoms with Gasteiger partial charge in [-0.2, -0.15) is 14.3 Å². The zero-order valence-electron chi connectivity index (χ0n) is 23.5. The lowest BCUT2D eigenvalue weighted by molar-refractivity contribution is -0.142. The maximum Gasteiger partial charge on any atom is 0.249 e. The molecule has 1 spiro atoms. The molecule has 12 heteroatoms. The Kier molecular flexibility index (Phi) is 6.47. The van der Waals surface area contributed by atoms with Crippen molar-refractivity contribution in [3.8, 4) is 0 Å².